The van der Waals surface area contributed by atoms with Crippen LogP contribution >= 0.6 is 0 Å². The lowest BCUT2D eigenvalue weighted by atomic mass is 10.0. The van der Waals surface area contributed by atoms with E-state index < -0.39 is 0 Å². The molecule has 0 bridgehead atoms. The number of nitrogen functional groups attached to an aromatic ring is 1. The van der Waals surface area contributed by atoms with Gasteiger partial charge in [0.25, 0.3) is 0 Å². The van der Waals surface area contributed by atoms with E-state index in [-0.39, 0.29) is 0 Å². The zero-order valence-corrected chi connectivity index (χ0v) is 12.6. The highest BCUT2D eigenvalue weighted by atomic mass is 16.5. The number of aryl methyl sites for hydroxylation is 1. The summed E-state index contributed by atoms with van der Waals surface area (Å²) >= 11 is 0. The predicted molar refractivity (Wildman–Crippen MR) is 91.8 cm³/mol. The van der Waals surface area contributed by atoms with E-state index in [0.717, 1.165) is 28.1 Å². The summed E-state index contributed by atoms with van der Waals surface area (Å²) in [6.07, 6.45) is 0. The summed E-state index contributed by atoms with van der Waals surface area (Å²) in [6, 6.07) is 24.3. The summed E-state index contributed by atoms with van der Waals surface area (Å²) in [5.41, 5.74) is 11.4. The number of rotatable bonds is 4. The minimum Gasteiger partial charge on any atom is -0.489 e. The molecular formula is C20H19NO. The molecule has 2 heteroatoms. The van der Waals surface area contributed by atoms with E-state index in [1.807, 2.05) is 54.6 Å². The second-order valence-corrected chi connectivity index (χ2v) is 5.39. The number of hydrogen-bond donors (Lipinski definition) is 1. The molecule has 0 amide bonds. The van der Waals surface area contributed by atoms with E-state index in [0.29, 0.717) is 6.61 Å². The number of hydrogen-bond acceptors (Lipinski definition) is 2. The van der Waals surface area contributed by atoms with E-state index in [2.05, 4.69) is 25.1 Å². The van der Waals surface area contributed by atoms with Crippen molar-refractivity contribution in [1.29, 1.82) is 0 Å². The lowest BCUT2D eigenvalue weighted by Crippen LogP contribution is -1.95. The maximum atomic E-state index is 6.06. The fourth-order valence-corrected chi connectivity index (χ4v) is 2.39. The van der Waals surface area contributed by atoms with Crippen molar-refractivity contribution >= 4 is 5.69 Å². The molecule has 3 aromatic rings. The van der Waals surface area contributed by atoms with Gasteiger partial charge in [-0.1, -0.05) is 54.1 Å². The van der Waals surface area contributed by atoms with Crippen LogP contribution in [0.3, 0.4) is 0 Å². The first-order chi connectivity index (χ1) is 10.7. The highest BCUT2D eigenvalue weighted by molar-refractivity contribution is 5.77. The second kappa shape index (κ2) is 6.35. The summed E-state index contributed by atoms with van der Waals surface area (Å²) in [6.45, 7) is 2.65. The first-order valence-electron chi connectivity index (χ1n) is 7.36. The van der Waals surface area contributed by atoms with Gasteiger partial charge in [-0.3, -0.25) is 0 Å². The summed E-state index contributed by atoms with van der Waals surface area (Å²) in [7, 11) is 0. The molecule has 110 valence electrons. The number of anilines is 1. The molecule has 0 unspecified atom stereocenters. The molecular weight excluding hydrogens is 270 g/mol. The van der Waals surface area contributed by atoms with Crippen LogP contribution in [0.2, 0.25) is 0 Å². The summed E-state index contributed by atoms with van der Waals surface area (Å²) < 4.78 is 5.81. The Bertz CT molecular complexity index is 748. The molecule has 0 aromatic heterocycles. The second-order valence-electron chi connectivity index (χ2n) is 5.39. The summed E-state index contributed by atoms with van der Waals surface area (Å²) in [5.74, 6) is 0.860. The molecule has 0 saturated carbocycles. The smallest absolute Gasteiger partial charge is 0.119 e. The van der Waals surface area contributed by atoms with E-state index in [4.69, 9.17) is 10.5 Å². The Balaban J connectivity index is 1.74. The molecule has 0 heterocycles. The molecule has 3 aromatic carbocycles. The lowest BCUT2D eigenvalue weighted by Gasteiger charge is -2.09. The highest BCUT2D eigenvalue weighted by Gasteiger charge is 2.03. The van der Waals surface area contributed by atoms with Crippen molar-refractivity contribution in [2.45, 2.75) is 13.5 Å². The van der Waals surface area contributed by atoms with Gasteiger partial charge in [-0.15, -0.1) is 0 Å². The highest BCUT2D eigenvalue weighted by Crippen LogP contribution is 2.28. The van der Waals surface area contributed by atoms with Gasteiger partial charge in [-0.05, 0) is 42.3 Å². The molecule has 22 heavy (non-hydrogen) atoms. The number of benzene rings is 3. The van der Waals surface area contributed by atoms with Crippen LogP contribution in [0.1, 0.15) is 11.1 Å². The van der Waals surface area contributed by atoms with Gasteiger partial charge in [-0.25, -0.2) is 0 Å². The molecule has 0 spiro atoms. The molecule has 0 aliphatic rings. The fourth-order valence-electron chi connectivity index (χ4n) is 2.39. The Labute approximate surface area is 131 Å². The first kappa shape index (κ1) is 14.2. The van der Waals surface area contributed by atoms with Crippen molar-refractivity contribution in [1.82, 2.24) is 0 Å². The van der Waals surface area contributed by atoms with Gasteiger partial charge in [0.1, 0.15) is 12.4 Å². The Morgan fingerprint density at radius 2 is 1.59 bits per heavy atom. The van der Waals surface area contributed by atoms with Gasteiger partial charge < -0.3 is 10.5 Å². The van der Waals surface area contributed by atoms with Gasteiger partial charge in [0.05, 0.1) is 0 Å². The zero-order chi connectivity index (χ0) is 15.4. The van der Waals surface area contributed by atoms with Crippen LogP contribution < -0.4 is 10.5 Å². The van der Waals surface area contributed by atoms with Crippen LogP contribution in [0.25, 0.3) is 11.1 Å². The molecule has 2 nitrogen and oxygen atoms in total. The molecule has 2 N–H and O–H groups in total. The molecule has 0 saturated heterocycles. The van der Waals surface area contributed by atoms with Crippen molar-refractivity contribution in [3.05, 3.63) is 83.9 Å². The van der Waals surface area contributed by atoms with Gasteiger partial charge in [0, 0.05) is 11.3 Å². The van der Waals surface area contributed by atoms with Crippen LogP contribution in [0.5, 0.6) is 5.75 Å². The Morgan fingerprint density at radius 3 is 2.32 bits per heavy atom. The van der Waals surface area contributed by atoms with Crippen molar-refractivity contribution in [2.75, 3.05) is 5.73 Å². The van der Waals surface area contributed by atoms with E-state index in [9.17, 15) is 0 Å². The SMILES string of the molecule is Cc1ccc(N)c(-c2ccc(OCc3ccccc3)cc2)c1. The number of nitrogens with two attached hydrogens (primary N) is 1. The average Bonchev–Trinajstić information content (AvgIpc) is 2.57. The van der Waals surface area contributed by atoms with Crippen molar-refractivity contribution in [2.24, 2.45) is 0 Å². The van der Waals surface area contributed by atoms with Gasteiger partial charge in [0.2, 0.25) is 0 Å². The van der Waals surface area contributed by atoms with E-state index >= 15 is 0 Å². The third-order valence-electron chi connectivity index (χ3n) is 3.62. The maximum absolute atomic E-state index is 6.06. The predicted octanol–water partition coefficient (Wildman–Crippen LogP) is 4.82. The molecule has 3 rings (SSSR count). The van der Waals surface area contributed by atoms with Crippen LogP contribution in [0.15, 0.2) is 72.8 Å². The van der Waals surface area contributed by atoms with E-state index in [1.54, 1.807) is 0 Å². The summed E-state index contributed by atoms with van der Waals surface area (Å²) in [5, 5.41) is 0. The summed E-state index contributed by atoms with van der Waals surface area (Å²) in [4.78, 5) is 0. The zero-order valence-electron chi connectivity index (χ0n) is 12.6. The monoisotopic (exact) mass is 289 g/mol. The third kappa shape index (κ3) is 3.29. The van der Waals surface area contributed by atoms with Crippen LogP contribution in [0.4, 0.5) is 5.69 Å². The molecule has 0 radical (unpaired) electrons. The topological polar surface area (TPSA) is 35.2 Å². The standard InChI is InChI=1S/C20H19NO/c1-15-7-12-20(21)19(13-15)17-8-10-18(11-9-17)22-14-16-5-3-2-4-6-16/h2-13H,14,21H2,1H3. The van der Waals surface area contributed by atoms with Crippen molar-refractivity contribution < 1.29 is 4.74 Å². The van der Waals surface area contributed by atoms with Gasteiger partial charge >= 0.3 is 0 Å². The number of ether oxygens (including phenoxy) is 1. The molecule has 0 aliphatic heterocycles. The molecule has 0 aliphatic carbocycles. The molecule has 0 fully saturated rings. The van der Waals surface area contributed by atoms with Gasteiger partial charge in [-0.2, -0.15) is 0 Å². The maximum Gasteiger partial charge on any atom is 0.119 e. The minimum atomic E-state index is 0.576. The third-order valence-corrected chi connectivity index (χ3v) is 3.62. The Kier molecular flexibility index (Phi) is 4.10. The Hall–Kier alpha value is -2.74. The fraction of sp³-hybridized carbons (Fsp3) is 0.100. The van der Waals surface area contributed by atoms with Gasteiger partial charge in [0.15, 0.2) is 0 Å². The normalized spacial score (nSPS) is 10.4. The largest absolute Gasteiger partial charge is 0.489 e. The van der Waals surface area contributed by atoms with Crippen molar-refractivity contribution in [3.8, 4) is 16.9 Å². The van der Waals surface area contributed by atoms with Crippen LogP contribution in [-0.2, 0) is 6.61 Å². The Morgan fingerprint density at radius 1 is 0.864 bits per heavy atom. The van der Waals surface area contributed by atoms with Crippen LogP contribution in [0, 0.1) is 6.92 Å². The molecule has 0 atom stereocenters. The first-order valence-corrected chi connectivity index (χ1v) is 7.36. The minimum absolute atomic E-state index is 0.576. The average molecular weight is 289 g/mol. The quantitative estimate of drug-likeness (QED) is 0.699. The van der Waals surface area contributed by atoms with Crippen molar-refractivity contribution in [3.63, 3.8) is 0 Å². The lowest BCUT2D eigenvalue weighted by molar-refractivity contribution is 0.306. The van der Waals surface area contributed by atoms with Crippen LogP contribution in [-0.4, -0.2) is 0 Å². The van der Waals surface area contributed by atoms with E-state index in [1.165, 1.54) is 5.56 Å².